The minimum atomic E-state index is 0.131. The molecule has 0 bridgehead atoms. The van der Waals surface area contributed by atoms with E-state index in [9.17, 15) is 0 Å². The fourth-order valence-corrected chi connectivity index (χ4v) is 5.40. The third-order valence-electron chi connectivity index (χ3n) is 7.86. The molecule has 1 aliphatic heterocycles. The molecule has 4 nitrogen and oxygen atoms in total. The van der Waals surface area contributed by atoms with E-state index in [2.05, 4.69) is 119 Å². The number of piperazine rings is 1. The van der Waals surface area contributed by atoms with E-state index >= 15 is 0 Å². The summed E-state index contributed by atoms with van der Waals surface area (Å²) in [7, 11) is 2.19. The summed E-state index contributed by atoms with van der Waals surface area (Å²) in [5.41, 5.74) is 13.5. The third kappa shape index (κ3) is 12.3. The van der Waals surface area contributed by atoms with Crippen molar-refractivity contribution in [2.24, 2.45) is 5.92 Å². The van der Waals surface area contributed by atoms with Gasteiger partial charge < -0.3 is 10.6 Å². The van der Waals surface area contributed by atoms with Crippen LogP contribution in [-0.4, -0.2) is 48.0 Å². The zero-order valence-corrected chi connectivity index (χ0v) is 29.8. The molecule has 1 fully saturated rings. The number of nitrogen functional groups attached to an aromatic ring is 1. The van der Waals surface area contributed by atoms with Gasteiger partial charge in [-0.1, -0.05) is 127 Å². The Morgan fingerprint density at radius 1 is 1.02 bits per heavy atom. The van der Waals surface area contributed by atoms with Crippen LogP contribution in [0.3, 0.4) is 0 Å². The van der Waals surface area contributed by atoms with Crippen molar-refractivity contribution in [3.05, 3.63) is 82.1 Å². The minimum absolute atomic E-state index is 0.131. The van der Waals surface area contributed by atoms with E-state index < -0.39 is 0 Å². The Hall–Kier alpha value is -2.40. The van der Waals surface area contributed by atoms with Crippen molar-refractivity contribution < 1.29 is 0 Å². The maximum absolute atomic E-state index is 6.73. The van der Waals surface area contributed by atoms with Gasteiger partial charge in [0, 0.05) is 66.9 Å². The number of unbranched alkanes of at least 4 members (excludes halogenated alkanes) is 1. The summed E-state index contributed by atoms with van der Waals surface area (Å²) in [6, 6.07) is 11.1. The molecular weight excluding hydrogens is 548 g/mol. The Bertz CT molecular complexity index is 1140. The highest BCUT2D eigenvalue weighted by atomic mass is 35.5. The zero-order valence-electron chi connectivity index (χ0n) is 29.0. The number of aromatic nitrogens is 1. The monoisotopic (exact) mass is 608 g/mol. The van der Waals surface area contributed by atoms with Crippen LogP contribution in [0.25, 0.3) is 11.1 Å². The van der Waals surface area contributed by atoms with Crippen molar-refractivity contribution in [1.82, 2.24) is 14.8 Å². The van der Waals surface area contributed by atoms with E-state index in [1.54, 1.807) is 0 Å². The molecular formula is C38H61ClN4. The van der Waals surface area contributed by atoms with Crippen molar-refractivity contribution >= 4 is 17.4 Å². The quantitative estimate of drug-likeness (QED) is 0.318. The molecule has 0 radical (unpaired) electrons. The Kier molecular flexibility index (Phi) is 19.2. The predicted octanol–water partition coefficient (Wildman–Crippen LogP) is 10.5. The Labute approximate surface area is 270 Å². The lowest BCUT2D eigenvalue weighted by molar-refractivity contribution is 0.148. The summed E-state index contributed by atoms with van der Waals surface area (Å²) >= 11 is 6.73. The molecule has 0 amide bonds. The highest BCUT2D eigenvalue weighted by Gasteiger charge is 2.26. The molecule has 0 spiro atoms. The molecule has 2 aliphatic rings. The van der Waals surface area contributed by atoms with Crippen LogP contribution >= 0.6 is 11.6 Å². The van der Waals surface area contributed by atoms with Gasteiger partial charge in [-0.25, -0.2) is 4.98 Å². The van der Waals surface area contributed by atoms with E-state index in [1.807, 2.05) is 20.0 Å². The molecule has 2 unspecified atom stereocenters. The number of nitrogens with two attached hydrogens (primary N) is 1. The van der Waals surface area contributed by atoms with Crippen LogP contribution in [-0.2, 0) is 6.54 Å². The van der Waals surface area contributed by atoms with Gasteiger partial charge in [-0.15, -0.1) is 0 Å². The van der Waals surface area contributed by atoms with Crippen molar-refractivity contribution in [3.63, 3.8) is 0 Å². The molecule has 0 saturated carbocycles. The molecule has 2 N–H and O–H groups in total. The topological polar surface area (TPSA) is 45.4 Å². The molecule has 1 saturated heterocycles. The number of anilines is 1. The van der Waals surface area contributed by atoms with Crippen LogP contribution in [0.2, 0.25) is 0 Å². The second-order valence-corrected chi connectivity index (χ2v) is 11.8. The first-order valence-electron chi connectivity index (χ1n) is 16.6. The fraction of sp³-hybridized carbons (Fsp3) is 0.553. The maximum atomic E-state index is 6.73. The molecule has 2 aromatic rings. The van der Waals surface area contributed by atoms with Crippen LogP contribution in [0.5, 0.6) is 0 Å². The highest BCUT2D eigenvalue weighted by Crippen LogP contribution is 2.41. The molecule has 1 aliphatic carbocycles. The SMILES string of the molecule is C/C=C(/C1CC=CC(C)=C1Cl)C(C)c1cc(-c2ccc(CN3CCN(C)CC3)cc2)cnc1N.CC.CCC.CCCC. The second kappa shape index (κ2) is 21.3. The van der Waals surface area contributed by atoms with Gasteiger partial charge in [-0.05, 0) is 50.1 Å². The Morgan fingerprint density at radius 2 is 1.60 bits per heavy atom. The fourth-order valence-electron chi connectivity index (χ4n) is 5.12. The summed E-state index contributed by atoms with van der Waals surface area (Å²) in [6.07, 6.45) is 13.2. The standard InChI is InChI=1S/C29H37ClN4.C4H10.C3H8.C2H6/c1-5-25(26-8-6-7-20(2)28(26)30)21(3)27-17-24(18-32-29(27)31)23-11-9-22(10-12-23)19-34-15-13-33(4)14-16-34;1-3-4-2;1-3-2;1-2/h5-7,9-12,17-18,21,26H,8,13-16,19H2,1-4H3,(H2,31,32);3-4H2,1-2H3;3H2,1-2H3;1-2H3/b25-5+;;;. The van der Waals surface area contributed by atoms with E-state index in [4.69, 9.17) is 17.3 Å². The first-order valence-corrected chi connectivity index (χ1v) is 17.0. The molecule has 4 rings (SSSR count). The maximum Gasteiger partial charge on any atom is 0.127 e. The van der Waals surface area contributed by atoms with E-state index in [1.165, 1.54) is 36.0 Å². The number of rotatable bonds is 7. The Morgan fingerprint density at radius 3 is 2.14 bits per heavy atom. The van der Waals surface area contributed by atoms with Crippen LogP contribution in [0.15, 0.2) is 70.9 Å². The van der Waals surface area contributed by atoms with Gasteiger partial charge in [0.05, 0.1) is 0 Å². The van der Waals surface area contributed by atoms with E-state index in [0.717, 1.165) is 60.9 Å². The summed E-state index contributed by atoms with van der Waals surface area (Å²) in [6.45, 7) is 24.5. The lowest BCUT2D eigenvalue weighted by atomic mass is 9.80. The number of hydrogen-bond acceptors (Lipinski definition) is 4. The van der Waals surface area contributed by atoms with Crippen molar-refractivity contribution in [3.8, 4) is 11.1 Å². The number of likely N-dealkylation sites (N-methyl/N-ethyl adjacent to an activating group) is 1. The van der Waals surface area contributed by atoms with Crippen LogP contribution < -0.4 is 5.73 Å². The summed E-state index contributed by atoms with van der Waals surface area (Å²) in [5, 5.41) is 0.932. The number of hydrogen-bond donors (Lipinski definition) is 1. The van der Waals surface area contributed by atoms with Gasteiger partial charge in [0.25, 0.3) is 0 Å². The van der Waals surface area contributed by atoms with Crippen LogP contribution in [0.4, 0.5) is 5.82 Å². The molecule has 1 aromatic heterocycles. The van der Waals surface area contributed by atoms with Crippen LogP contribution in [0.1, 0.15) is 105 Å². The molecule has 1 aromatic carbocycles. The average Bonchev–Trinajstić information content (AvgIpc) is 3.03. The molecule has 2 heterocycles. The number of nitrogens with zero attached hydrogens (tertiary/aromatic N) is 3. The summed E-state index contributed by atoms with van der Waals surface area (Å²) in [5.74, 6) is 0.918. The molecule has 240 valence electrons. The second-order valence-electron chi connectivity index (χ2n) is 11.4. The van der Waals surface area contributed by atoms with Gasteiger partial charge in [0.2, 0.25) is 0 Å². The van der Waals surface area contributed by atoms with Crippen molar-refractivity contribution in [1.29, 1.82) is 0 Å². The first-order chi connectivity index (χ1) is 20.7. The van der Waals surface area contributed by atoms with Crippen molar-refractivity contribution in [2.75, 3.05) is 39.0 Å². The largest absolute Gasteiger partial charge is 0.383 e. The lowest BCUT2D eigenvalue weighted by Gasteiger charge is -2.32. The first kappa shape index (κ1) is 38.6. The lowest BCUT2D eigenvalue weighted by Crippen LogP contribution is -2.43. The van der Waals surface area contributed by atoms with Crippen LogP contribution in [0, 0.1) is 5.92 Å². The predicted molar refractivity (Wildman–Crippen MR) is 193 cm³/mol. The zero-order chi connectivity index (χ0) is 32.4. The van der Waals surface area contributed by atoms with Gasteiger partial charge >= 0.3 is 0 Å². The van der Waals surface area contributed by atoms with Gasteiger partial charge in [0.15, 0.2) is 0 Å². The molecule has 5 heteroatoms. The van der Waals surface area contributed by atoms with Gasteiger partial charge in [-0.2, -0.15) is 0 Å². The molecule has 43 heavy (non-hydrogen) atoms. The number of halogens is 1. The van der Waals surface area contributed by atoms with Gasteiger partial charge in [0.1, 0.15) is 5.82 Å². The smallest absolute Gasteiger partial charge is 0.127 e. The average molecular weight is 609 g/mol. The summed E-state index contributed by atoms with van der Waals surface area (Å²) < 4.78 is 0. The highest BCUT2D eigenvalue weighted by molar-refractivity contribution is 6.30. The van der Waals surface area contributed by atoms with E-state index in [-0.39, 0.29) is 11.8 Å². The number of allylic oxidation sites excluding steroid dienone is 6. The third-order valence-corrected chi connectivity index (χ3v) is 8.42. The summed E-state index contributed by atoms with van der Waals surface area (Å²) in [4.78, 5) is 9.49. The van der Waals surface area contributed by atoms with Crippen molar-refractivity contribution in [2.45, 2.75) is 100 Å². The number of pyridine rings is 1. The molecule has 2 atom stereocenters. The van der Waals surface area contributed by atoms with E-state index in [0.29, 0.717) is 5.82 Å². The Balaban J connectivity index is 0.000000916. The number of benzene rings is 1. The van der Waals surface area contributed by atoms with Gasteiger partial charge in [-0.3, -0.25) is 4.90 Å². The normalized spacial score (nSPS) is 18.0. The minimum Gasteiger partial charge on any atom is -0.383 e.